The lowest BCUT2D eigenvalue weighted by Gasteiger charge is -2.39. The summed E-state index contributed by atoms with van der Waals surface area (Å²) < 4.78 is 32.2. The van der Waals surface area contributed by atoms with Crippen LogP contribution in [0.3, 0.4) is 0 Å². The van der Waals surface area contributed by atoms with Crippen LogP contribution in [0, 0.1) is 0 Å². The van der Waals surface area contributed by atoms with Crippen molar-refractivity contribution in [2.45, 2.75) is 36.1 Å². The molecule has 2 saturated heterocycles. The molecule has 9 heteroatoms. The zero-order chi connectivity index (χ0) is 25.7. The van der Waals surface area contributed by atoms with Crippen molar-refractivity contribution in [1.29, 1.82) is 0 Å². The van der Waals surface area contributed by atoms with Crippen LogP contribution in [0.4, 0.5) is 0 Å². The molecule has 1 aromatic heterocycles. The third kappa shape index (κ3) is 3.76. The number of benzene rings is 2. The van der Waals surface area contributed by atoms with E-state index in [1.807, 2.05) is 83.3 Å². The van der Waals surface area contributed by atoms with E-state index in [-0.39, 0.29) is 5.57 Å². The highest BCUT2D eigenvalue weighted by atomic mass is 127. The highest BCUT2D eigenvalue weighted by Crippen LogP contribution is 2.51. The van der Waals surface area contributed by atoms with Crippen molar-refractivity contribution in [2.75, 3.05) is 0 Å². The van der Waals surface area contributed by atoms with E-state index in [4.69, 9.17) is 4.74 Å². The second-order valence-corrected chi connectivity index (χ2v) is 12.9. The number of halogens is 1. The molecule has 2 fully saturated rings. The number of esters is 1. The molecule has 3 heterocycles. The number of carbonyl (C=O) groups is 2. The van der Waals surface area contributed by atoms with Crippen molar-refractivity contribution < 1.29 is 22.7 Å². The topological polar surface area (TPSA) is 93.6 Å². The normalized spacial score (nSPS) is 23.1. The number of sulfone groups is 1. The number of hydrogen-bond donors (Lipinski definition) is 0. The molecule has 2 aliphatic heterocycles. The first-order valence-electron chi connectivity index (χ1n) is 11.3. The fraction of sp³-hybridized carbons (Fsp3) is 0.222. The molecule has 7 nitrogen and oxygen atoms in total. The summed E-state index contributed by atoms with van der Waals surface area (Å²) in [6, 6.07) is 22.4. The zero-order valence-corrected chi connectivity index (χ0v) is 22.5. The van der Waals surface area contributed by atoms with Crippen LogP contribution in [0.15, 0.2) is 90.6 Å². The number of ether oxygens (including phenoxy) is 1. The average Bonchev–Trinajstić information content (AvgIpc) is 3.03. The van der Waals surface area contributed by atoms with Crippen LogP contribution < -0.4 is 0 Å². The van der Waals surface area contributed by atoms with E-state index in [1.54, 1.807) is 24.4 Å². The molecule has 0 saturated carbocycles. The summed E-state index contributed by atoms with van der Waals surface area (Å²) >= 11 is 1.95. The molecule has 0 aliphatic carbocycles. The number of hydrogen-bond acceptors (Lipinski definition) is 6. The number of carbonyl (C=O) groups excluding carboxylic acids is 2. The van der Waals surface area contributed by atoms with Crippen molar-refractivity contribution in [3.8, 4) is 0 Å². The molecule has 2 atom stereocenters. The third-order valence-electron chi connectivity index (χ3n) is 6.72. The maximum Gasteiger partial charge on any atom is 0.331 e. The number of pyridine rings is 1. The molecule has 0 bridgehead atoms. The van der Waals surface area contributed by atoms with Crippen molar-refractivity contribution in [3.63, 3.8) is 0 Å². The van der Waals surface area contributed by atoms with Crippen molar-refractivity contribution in [3.05, 3.63) is 107 Å². The lowest BCUT2D eigenvalue weighted by molar-refractivity contribution is -0.160. The van der Waals surface area contributed by atoms with E-state index >= 15 is 0 Å². The van der Waals surface area contributed by atoms with E-state index < -0.39 is 44.0 Å². The maximum atomic E-state index is 13.7. The first-order chi connectivity index (χ1) is 17.2. The molecular weight excluding hydrogens is 591 g/mol. The van der Waals surface area contributed by atoms with Gasteiger partial charge >= 0.3 is 5.97 Å². The summed E-state index contributed by atoms with van der Waals surface area (Å²) in [6.07, 6.45) is 0.827. The summed E-state index contributed by atoms with van der Waals surface area (Å²) in [4.78, 5) is 32.4. The van der Waals surface area contributed by atoms with Gasteiger partial charge in [0.2, 0.25) is 0 Å². The summed E-state index contributed by atoms with van der Waals surface area (Å²) in [6.45, 7) is 2.95. The summed E-state index contributed by atoms with van der Waals surface area (Å²) in [5.74, 6) is -1.26. The van der Waals surface area contributed by atoms with Crippen LogP contribution in [0.2, 0.25) is 0 Å². The first kappa shape index (κ1) is 24.6. The molecule has 1 amide bonds. The van der Waals surface area contributed by atoms with E-state index in [0.717, 1.165) is 16.0 Å². The Kier molecular flexibility index (Phi) is 6.24. The van der Waals surface area contributed by atoms with Crippen molar-refractivity contribution in [1.82, 2.24) is 9.88 Å². The minimum Gasteiger partial charge on any atom is -0.451 e. The zero-order valence-electron chi connectivity index (χ0n) is 19.5. The second kappa shape index (κ2) is 9.11. The molecule has 0 spiro atoms. The van der Waals surface area contributed by atoms with Gasteiger partial charge in [-0.2, -0.15) is 0 Å². The van der Waals surface area contributed by atoms with Gasteiger partial charge in [0, 0.05) is 6.20 Å². The molecule has 36 heavy (non-hydrogen) atoms. The third-order valence-corrected chi connectivity index (χ3v) is 10.6. The number of β-lactam (4-membered cyclic amide) rings is 1. The smallest absolute Gasteiger partial charge is 0.331 e. The largest absolute Gasteiger partial charge is 0.451 e. The van der Waals surface area contributed by atoms with Gasteiger partial charge < -0.3 is 9.64 Å². The van der Waals surface area contributed by atoms with E-state index in [0.29, 0.717) is 9.27 Å². The lowest BCUT2D eigenvalue weighted by Crippen LogP contribution is -2.59. The summed E-state index contributed by atoms with van der Waals surface area (Å²) in [5, 5.41) is -1.22. The monoisotopic (exact) mass is 614 g/mol. The molecule has 1 unspecified atom stereocenters. The lowest BCUT2D eigenvalue weighted by atomic mass is 9.94. The Bertz CT molecular complexity index is 1420. The van der Waals surface area contributed by atoms with E-state index in [2.05, 4.69) is 4.98 Å². The first-order valence-corrected chi connectivity index (χ1v) is 14.0. The quantitative estimate of drug-likeness (QED) is 0.184. The van der Waals surface area contributed by atoms with Gasteiger partial charge in [-0.05, 0) is 59.7 Å². The second-order valence-electron chi connectivity index (χ2n) is 9.20. The molecule has 0 N–H and O–H groups in total. The summed E-state index contributed by atoms with van der Waals surface area (Å²) in [5.41, 5.74) is 2.13. The SMILES string of the molecule is CC1(C)[C@H](C(=O)OC(c2ccccc2)c2ccccc2)N2C(=O)/C(=C(\I)c3ccccn3)C2S1(=O)=O. The van der Waals surface area contributed by atoms with Gasteiger partial charge in [0.25, 0.3) is 5.91 Å². The van der Waals surface area contributed by atoms with Gasteiger partial charge in [-0.1, -0.05) is 66.7 Å². The van der Waals surface area contributed by atoms with Crippen LogP contribution in [0.25, 0.3) is 3.58 Å². The number of rotatable bonds is 5. The Hall–Kier alpha value is -3.05. The highest BCUT2D eigenvalue weighted by Gasteiger charge is 2.71. The molecule has 184 valence electrons. The van der Waals surface area contributed by atoms with Crippen LogP contribution in [-0.4, -0.2) is 46.3 Å². The molecule has 2 aliphatic rings. The fourth-order valence-electron chi connectivity index (χ4n) is 4.75. The van der Waals surface area contributed by atoms with Crippen LogP contribution in [0.5, 0.6) is 0 Å². The van der Waals surface area contributed by atoms with Gasteiger partial charge in [-0.25, -0.2) is 13.2 Å². The molecule has 0 radical (unpaired) electrons. The van der Waals surface area contributed by atoms with Gasteiger partial charge in [-0.15, -0.1) is 0 Å². The number of amides is 1. The van der Waals surface area contributed by atoms with Crippen LogP contribution in [-0.2, 0) is 24.2 Å². The minimum atomic E-state index is -3.95. The molecule has 5 rings (SSSR count). The molecular formula is C27H23IN2O5S. The van der Waals surface area contributed by atoms with Crippen LogP contribution >= 0.6 is 22.6 Å². The van der Waals surface area contributed by atoms with Crippen molar-refractivity contribution >= 4 is 47.9 Å². The van der Waals surface area contributed by atoms with Gasteiger partial charge in [-0.3, -0.25) is 9.78 Å². The Balaban J connectivity index is 1.53. The average molecular weight is 614 g/mol. The predicted octanol–water partition coefficient (Wildman–Crippen LogP) is 4.30. The van der Waals surface area contributed by atoms with Crippen LogP contribution in [0.1, 0.15) is 36.8 Å². The van der Waals surface area contributed by atoms with Gasteiger partial charge in [0.15, 0.2) is 27.4 Å². The van der Waals surface area contributed by atoms with E-state index in [1.165, 1.54) is 13.8 Å². The number of aromatic nitrogens is 1. The Morgan fingerprint density at radius 1 is 0.972 bits per heavy atom. The van der Waals surface area contributed by atoms with Gasteiger partial charge in [0.05, 0.1) is 14.8 Å². The maximum absolute atomic E-state index is 13.7. The number of fused-ring (bicyclic) bond motifs is 1. The molecule has 3 aromatic rings. The summed E-state index contributed by atoms with van der Waals surface area (Å²) in [7, 11) is -3.95. The fourth-order valence-corrected chi connectivity index (χ4v) is 7.95. The molecule has 2 aromatic carbocycles. The van der Waals surface area contributed by atoms with E-state index in [9.17, 15) is 18.0 Å². The predicted molar refractivity (Wildman–Crippen MR) is 143 cm³/mol. The van der Waals surface area contributed by atoms with Crippen molar-refractivity contribution in [2.24, 2.45) is 0 Å². The number of nitrogens with zero attached hydrogens (tertiary/aromatic N) is 2. The standard InChI is InChI=1S/C27H23IN2O5S/c1-27(2)23(26(32)35-22(17-11-5-3-6-12-17)18-13-7-4-8-14-18)30-24(31)20(25(30)36(27,33)34)21(28)19-15-9-10-16-29-19/h3-16,22-23,25H,1-2H3/b21-20+/t23-,25?/m0/s1. The highest BCUT2D eigenvalue weighted by molar-refractivity contribution is 14.1. The Morgan fingerprint density at radius 2 is 1.53 bits per heavy atom. The van der Waals surface area contributed by atoms with Gasteiger partial charge in [0.1, 0.15) is 4.75 Å². The minimum absolute atomic E-state index is 0.139. The Morgan fingerprint density at radius 3 is 2.06 bits per heavy atom. The Labute approximate surface area is 223 Å².